The number of pyridine rings is 1. The van der Waals surface area contributed by atoms with Gasteiger partial charge in [0.15, 0.2) is 5.65 Å². The van der Waals surface area contributed by atoms with Crippen molar-refractivity contribution in [3.05, 3.63) is 29.0 Å². The van der Waals surface area contributed by atoms with Crippen LogP contribution in [0.2, 0.25) is 5.02 Å². The van der Waals surface area contributed by atoms with E-state index < -0.39 is 0 Å². The Morgan fingerprint density at radius 1 is 1.58 bits per heavy atom. The lowest BCUT2D eigenvalue weighted by Gasteiger charge is -1.99. The summed E-state index contributed by atoms with van der Waals surface area (Å²) in [5.74, 6) is 0.607. The van der Waals surface area contributed by atoms with Crippen LogP contribution in [0.25, 0.3) is 5.65 Å². The van der Waals surface area contributed by atoms with Crippen LogP contribution in [0.3, 0.4) is 0 Å². The third kappa shape index (κ3) is 0.940. The van der Waals surface area contributed by atoms with Gasteiger partial charge in [0.2, 0.25) is 0 Å². The predicted molar refractivity (Wildman–Crippen MR) is 49.4 cm³/mol. The zero-order valence-corrected chi connectivity index (χ0v) is 7.34. The second-order valence-electron chi connectivity index (χ2n) is 2.74. The first-order chi connectivity index (χ1) is 5.68. The van der Waals surface area contributed by atoms with Gasteiger partial charge in [-0.05, 0) is 18.6 Å². The highest BCUT2D eigenvalue weighted by molar-refractivity contribution is 6.33. The summed E-state index contributed by atoms with van der Waals surface area (Å²) in [4.78, 5) is 4.06. The summed E-state index contributed by atoms with van der Waals surface area (Å²) in [7, 11) is 0. The van der Waals surface area contributed by atoms with Gasteiger partial charge in [0.05, 0.1) is 11.2 Å². The monoisotopic (exact) mass is 181 g/mol. The molecule has 4 heteroatoms. The van der Waals surface area contributed by atoms with Gasteiger partial charge in [-0.2, -0.15) is 0 Å². The Hall–Kier alpha value is -1.22. The van der Waals surface area contributed by atoms with Gasteiger partial charge in [0, 0.05) is 6.20 Å². The summed E-state index contributed by atoms with van der Waals surface area (Å²) >= 11 is 5.94. The molecule has 0 saturated carbocycles. The molecule has 0 atom stereocenters. The van der Waals surface area contributed by atoms with E-state index in [4.69, 9.17) is 17.3 Å². The first kappa shape index (κ1) is 7.43. The van der Waals surface area contributed by atoms with Gasteiger partial charge in [-0.3, -0.25) is 4.40 Å². The minimum atomic E-state index is 0.607. The summed E-state index contributed by atoms with van der Waals surface area (Å²) in [5.41, 5.74) is 7.43. The van der Waals surface area contributed by atoms with Crippen LogP contribution in [0.4, 0.5) is 5.82 Å². The topological polar surface area (TPSA) is 43.3 Å². The molecule has 62 valence electrons. The highest BCUT2D eigenvalue weighted by Crippen LogP contribution is 2.19. The molecule has 0 aliphatic heterocycles. The molecule has 0 aliphatic carbocycles. The van der Waals surface area contributed by atoms with Crippen molar-refractivity contribution in [2.24, 2.45) is 0 Å². The number of aryl methyl sites for hydroxylation is 1. The second-order valence-corrected chi connectivity index (χ2v) is 3.15. The van der Waals surface area contributed by atoms with E-state index in [-0.39, 0.29) is 0 Å². The number of halogens is 1. The fourth-order valence-electron chi connectivity index (χ4n) is 1.19. The van der Waals surface area contributed by atoms with E-state index in [0.29, 0.717) is 16.5 Å². The first-order valence-electron chi connectivity index (χ1n) is 3.57. The normalized spacial score (nSPS) is 10.8. The lowest BCUT2D eigenvalue weighted by molar-refractivity contribution is 1.16. The highest BCUT2D eigenvalue weighted by Gasteiger charge is 2.03. The van der Waals surface area contributed by atoms with Gasteiger partial charge in [-0.25, -0.2) is 4.98 Å². The maximum atomic E-state index is 5.94. The highest BCUT2D eigenvalue weighted by atomic mass is 35.5. The van der Waals surface area contributed by atoms with Gasteiger partial charge in [0.25, 0.3) is 0 Å². The fraction of sp³-hybridized carbons (Fsp3) is 0.125. The number of rotatable bonds is 0. The van der Waals surface area contributed by atoms with Crippen molar-refractivity contribution in [2.75, 3.05) is 5.73 Å². The molecule has 0 saturated heterocycles. The molecule has 12 heavy (non-hydrogen) atoms. The van der Waals surface area contributed by atoms with Gasteiger partial charge < -0.3 is 5.73 Å². The van der Waals surface area contributed by atoms with Crippen LogP contribution in [0.1, 0.15) is 5.56 Å². The molecule has 0 aromatic carbocycles. The predicted octanol–water partition coefficient (Wildman–Crippen LogP) is 1.88. The Balaban J connectivity index is 2.92. The summed E-state index contributed by atoms with van der Waals surface area (Å²) in [6.07, 6.45) is 3.50. The van der Waals surface area contributed by atoms with Crippen molar-refractivity contribution < 1.29 is 0 Å². The van der Waals surface area contributed by atoms with Crippen molar-refractivity contribution in [3.63, 3.8) is 0 Å². The van der Waals surface area contributed by atoms with Crippen LogP contribution < -0.4 is 5.73 Å². The van der Waals surface area contributed by atoms with Crippen LogP contribution in [0.5, 0.6) is 0 Å². The summed E-state index contributed by atoms with van der Waals surface area (Å²) < 4.78 is 1.78. The molecule has 0 fully saturated rings. The Bertz CT molecular complexity index is 433. The molecule has 0 spiro atoms. The molecule has 0 amide bonds. The smallest absolute Gasteiger partial charge is 0.157 e. The molecular weight excluding hydrogens is 174 g/mol. The SMILES string of the molecule is Cc1cc(Cl)c2ncc(N)n2c1. The molecule has 2 N–H and O–H groups in total. The Kier molecular flexibility index (Phi) is 1.48. The average Bonchev–Trinajstić information content (AvgIpc) is 2.33. The molecule has 2 aromatic rings. The Labute approximate surface area is 74.8 Å². The first-order valence-corrected chi connectivity index (χ1v) is 3.95. The molecule has 2 aromatic heterocycles. The van der Waals surface area contributed by atoms with Crippen LogP contribution in [0.15, 0.2) is 18.5 Å². The molecule has 3 nitrogen and oxygen atoms in total. The van der Waals surface area contributed by atoms with Gasteiger partial charge >= 0.3 is 0 Å². The van der Waals surface area contributed by atoms with E-state index >= 15 is 0 Å². The number of fused-ring (bicyclic) bond motifs is 1. The van der Waals surface area contributed by atoms with E-state index in [1.807, 2.05) is 19.2 Å². The third-order valence-electron chi connectivity index (χ3n) is 1.73. The third-order valence-corrected chi connectivity index (χ3v) is 2.00. The van der Waals surface area contributed by atoms with Gasteiger partial charge in [-0.1, -0.05) is 11.6 Å². The zero-order valence-electron chi connectivity index (χ0n) is 6.58. The standard InChI is InChI=1S/C8H8ClN3/c1-5-2-6(9)8-11-3-7(10)12(8)4-5/h2-4H,10H2,1H3. The maximum Gasteiger partial charge on any atom is 0.157 e. The summed E-state index contributed by atoms with van der Waals surface area (Å²) in [6.45, 7) is 1.96. The van der Waals surface area contributed by atoms with E-state index in [1.165, 1.54) is 0 Å². The number of aromatic nitrogens is 2. The second kappa shape index (κ2) is 2.38. The van der Waals surface area contributed by atoms with Crippen LogP contribution >= 0.6 is 11.6 Å². The maximum absolute atomic E-state index is 5.94. The van der Waals surface area contributed by atoms with Crippen molar-refractivity contribution in [1.29, 1.82) is 0 Å². The van der Waals surface area contributed by atoms with E-state index in [0.717, 1.165) is 5.56 Å². The zero-order chi connectivity index (χ0) is 8.72. The van der Waals surface area contributed by atoms with Crippen molar-refractivity contribution in [2.45, 2.75) is 6.92 Å². The largest absolute Gasteiger partial charge is 0.383 e. The van der Waals surface area contributed by atoms with E-state index in [2.05, 4.69) is 4.98 Å². The minimum absolute atomic E-state index is 0.607. The number of nitrogens with two attached hydrogens (primary N) is 1. The molecule has 2 heterocycles. The van der Waals surface area contributed by atoms with E-state index in [1.54, 1.807) is 10.6 Å². The molecule has 0 unspecified atom stereocenters. The number of nitrogen functional groups attached to an aromatic ring is 1. The fourth-order valence-corrected chi connectivity index (χ4v) is 1.50. The number of nitrogens with zero attached hydrogens (tertiary/aromatic N) is 2. The number of imidazole rings is 1. The summed E-state index contributed by atoms with van der Waals surface area (Å²) in [5, 5.41) is 0.631. The molecule has 0 bridgehead atoms. The van der Waals surface area contributed by atoms with Gasteiger partial charge in [-0.15, -0.1) is 0 Å². The Morgan fingerprint density at radius 2 is 2.33 bits per heavy atom. The molecular formula is C8H8ClN3. The van der Waals surface area contributed by atoms with Crippen LogP contribution in [-0.2, 0) is 0 Å². The molecule has 2 rings (SSSR count). The lowest BCUT2D eigenvalue weighted by Crippen LogP contribution is -1.93. The number of hydrogen-bond donors (Lipinski definition) is 1. The average molecular weight is 182 g/mol. The molecule has 0 radical (unpaired) electrons. The van der Waals surface area contributed by atoms with Crippen molar-refractivity contribution >= 4 is 23.1 Å². The summed E-state index contributed by atoms with van der Waals surface area (Å²) in [6, 6.07) is 1.86. The minimum Gasteiger partial charge on any atom is -0.383 e. The van der Waals surface area contributed by atoms with E-state index in [9.17, 15) is 0 Å². The van der Waals surface area contributed by atoms with Crippen LogP contribution in [0, 0.1) is 6.92 Å². The Morgan fingerprint density at radius 3 is 3.08 bits per heavy atom. The van der Waals surface area contributed by atoms with Crippen molar-refractivity contribution in [1.82, 2.24) is 9.38 Å². The quantitative estimate of drug-likeness (QED) is 0.675. The molecule has 0 aliphatic rings. The van der Waals surface area contributed by atoms with Gasteiger partial charge in [0.1, 0.15) is 5.82 Å². The van der Waals surface area contributed by atoms with Crippen molar-refractivity contribution in [3.8, 4) is 0 Å². The number of anilines is 1. The van der Waals surface area contributed by atoms with Crippen LogP contribution in [-0.4, -0.2) is 9.38 Å². The lowest BCUT2D eigenvalue weighted by atomic mass is 10.3. The number of hydrogen-bond acceptors (Lipinski definition) is 2.